The molecule has 2 N–H and O–H groups in total. The van der Waals surface area contributed by atoms with Gasteiger partial charge in [-0.25, -0.2) is 0 Å². The number of rotatable bonds is 6. The van der Waals surface area contributed by atoms with Gasteiger partial charge in [0.1, 0.15) is 16.9 Å². The maximum absolute atomic E-state index is 12.7. The average Bonchev–Trinajstić information content (AvgIpc) is 2.63. The number of hydrogen-bond acceptors (Lipinski definition) is 4. The van der Waals surface area contributed by atoms with Gasteiger partial charge in [0.15, 0.2) is 0 Å². The fraction of sp³-hybridized carbons (Fsp3) is 0.300. The predicted molar refractivity (Wildman–Crippen MR) is 102 cm³/mol. The van der Waals surface area contributed by atoms with Crippen LogP contribution in [0.15, 0.2) is 42.5 Å². The number of carbonyl (C=O) groups excluding carboxylic acids is 2. The highest BCUT2D eigenvalue weighted by Gasteiger charge is 2.36. The molecule has 0 aromatic heterocycles. The summed E-state index contributed by atoms with van der Waals surface area (Å²) in [5, 5.41) is 5.52. The molecular formula is C20H24N2O4. The summed E-state index contributed by atoms with van der Waals surface area (Å²) in [6, 6.07) is 12.4. The first-order valence-electron chi connectivity index (χ1n) is 8.19. The third-order valence-electron chi connectivity index (χ3n) is 4.10. The third kappa shape index (κ3) is 4.33. The summed E-state index contributed by atoms with van der Waals surface area (Å²) in [6.45, 7) is 5.11. The Labute approximate surface area is 153 Å². The molecule has 0 fully saturated rings. The number of nitrogens with one attached hydrogen (secondary N) is 2. The van der Waals surface area contributed by atoms with Crippen molar-refractivity contribution in [1.29, 1.82) is 0 Å². The minimum Gasteiger partial charge on any atom is -0.497 e. The van der Waals surface area contributed by atoms with Crippen molar-refractivity contribution in [2.45, 2.75) is 20.8 Å². The smallest absolute Gasteiger partial charge is 0.239 e. The summed E-state index contributed by atoms with van der Waals surface area (Å²) in [5.74, 6) is 0.223. The van der Waals surface area contributed by atoms with Crippen molar-refractivity contribution in [3.05, 3.63) is 48.0 Å². The van der Waals surface area contributed by atoms with Crippen molar-refractivity contribution in [3.8, 4) is 11.5 Å². The number of carbonyl (C=O) groups is 2. The van der Waals surface area contributed by atoms with Crippen LogP contribution in [-0.2, 0) is 9.59 Å². The van der Waals surface area contributed by atoms with E-state index in [4.69, 9.17) is 9.47 Å². The van der Waals surface area contributed by atoms with E-state index in [9.17, 15) is 9.59 Å². The Bertz CT molecular complexity index is 798. The molecule has 26 heavy (non-hydrogen) atoms. The SMILES string of the molecule is COc1ccc(NC(=O)C(C)(C)C(=O)Nc2ccc(C)cc2)c(OC)c1. The first-order valence-corrected chi connectivity index (χ1v) is 8.19. The topological polar surface area (TPSA) is 76.7 Å². The lowest BCUT2D eigenvalue weighted by Gasteiger charge is -2.23. The fourth-order valence-electron chi connectivity index (χ4n) is 2.21. The summed E-state index contributed by atoms with van der Waals surface area (Å²) in [7, 11) is 3.05. The van der Waals surface area contributed by atoms with E-state index in [1.54, 1.807) is 51.3 Å². The van der Waals surface area contributed by atoms with Crippen molar-refractivity contribution in [3.63, 3.8) is 0 Å². The highest BCUT2D eigenvalue weighted by molar-refractivity contribution is 6.14. The number of methoxy groups -OCH3 is 2. The van der Waals surface area contributed by atoms with Crippen LogP contribution in [0.1, 0.15) is 19.4 Å². The molecule has 0 unspecified atom stereocenters. The van der Waals surface area contributed by atoms with Gasteiger partial charge in [-0.1, -0.05) is 17.7 Å². The van der Waals surface area contributed by atoms with Crippen LogP contribution in [0, 0.1) is 12.3 Å². The first-order chi connectivity index (χ1) is 12.3. The van der Waals surface area contributed by atoms with E-state index >= 15 is 0 Å². The average molecular weight is 356 g/mol. The summed E-state index contributed by atoms with van der Waals surface area (Å²) in [4.78, 5) is 25.3. The molecule has 138 valence electrons. The highest BCUT2D eigenvalue weighted by atomic mass is 16.5. The van der Waals surface area contributed by atoms with Crippen molar-refractivity contribution in [2.24, 2.45) is 5.41 Å². The second-order valence-corrected chi connectivity index (χ2v) is 6.47. The van der Waals surface area contributed by atoms with Gasteiger partial charge in [0.05, 0.1) is 19.9 Å². The van der Waals surface area contributed by atoms with Crippen molar-refractivity contribution >= 4 is 23.2 Å². The number of aryl methyl sites for hydroxylation is 1. The van der Waals surface area contributed by atoms with E-state index in [0.29, 0.717) is 22.9 Å². The molecule has 0 spiro atoms. The lowest BCUT2D eigenvalue weighted by atomic mass is 9.90. The van der Waals surface area contributed by atoms with E-state index in [0.717, 1.165) is 5.56 Å². The van der Waals surface area contributed by atoms with Crippen molar-refractivity contribution in [2.75, 3.05) is 24.9 Å². The summed E-state index contributed by atoms with van der Waals surface area (Å²) >= 11 is 0. The quantitative estimate of drug-likeness (QED) is 0.775. The van der Waals surface area contributed by atoms with E-state index in [1.165, 1.54) is 7.11 Å². The summed E-state index contributed by atoms with van der Waals surface area (Å²) < 4.78 is 10.4. The normalized spacial score (nSPS) is 10.8. The molecule has 0 atom stereocenters. The molecule has 0 bridgehead atoms. The molecule has 2 aromatic carbocycles. The number of anilines is 2. The Morgan fingerprint density at radius 1 is 0.885 bits per heavy atom. The maximum atomic E-state index is 12.7. The lowest BCUT2D eigenvalue weighted by Crippen LogP contribution is -2.41. The minimum absolute atomic E-state index is 0.397. The molecular weight excluding hydrogens is 332 g/mol. The second-order valence-electron chi connectivity index (χ2n) is 6.47. The molecule has 6 heteroatoms. The molecule has 0 radical (unpaired) electrons. The van der Waals surface area contributed by atoms with E-state index in [1.807, 2.05) is 19.1 Å². The fourth-order valence-corrected chi connectivity index (χ4v) is 2.21. The maximum Gasteiger partial charge on any atom is 0.239 e. The van der Waals surface area contributed by atoms with Gasteiger partial charge in [0.25, 0.3) is 0 Å². The monoisotopic (exact) mass is 356 g/mol. The third-order valence-corrected chi connectivity index (χ3v) is 4.10. The molecule has 0 heterocycles. The lowest BCUT2D eigenvalue weighted by molar-refractivity contribution is -0.135. The summed E-state index contributed by atoms with van der Waals surface area (Å²) in [6.07, 6.45) is 0. The number of ether oxygens (including phenoxy) is 2. The van der Waals surface area contributed by atoms with Crippen LogP contribution < -0.4 is 20.1 Å². The minimum atomic E-state index is -1.28. The van der Waals surface area contributed by atoms with E-state index in [2.05, 4.69) is 10.6 Å². The van der Waals surface area contributed by atoms with Gasteiger partial charge < -0.3 is 20.1 Å². The van der Waals surface area contributed by atoms with Crippen LogP contribution in [0.4, 0.5) is 11.4 Å². The number of amides is 2. The molecule has 0 aliphatic heterocycles. The second kappa shape index (κ2) is 7.91. The van der Waals surface area contributed by atoms with Gasteiger partial charge >= 0.3 is 0 Å². The predicted octanol–water partition coefficient (Wildman–Crippen LogP) is 3.62. The number of benzene rings is 2. The van der Waals surface area contributed by atoms with Crippen LogP contribution in [0.25, 0.3) is 0 Å². The van der Waals surface area contributed by atoms with Gasteiger partial charge in [0, 0.05) is 11.8 Å². The molecule has 2 rings (SSSR count). The molecule has 0 saturated carbocycles. The first kappa shape index (κ1) is 19.3. The van der Waals surface area contributed by atoms with Gasteiger partial charge in [-0.05, 0) is 45.0 Å². The van der Waals surface area contributed by atoms with Crippen LogP contribution in [0.5, 0.6) is 11.5 Å². The van der Waals surface area contributed by atoms with Gasteiger partial charge in [0.2, 0.25) is 11.8 Å². The van der Waals surface area contributed by atoms with Gasteiger partial charge in [-0.15, -0.1) is 0 Å². The van der Waals surface area contributed by atoms with Crippen LogP contribution >= 0.6 is 0 Å². The number of hydrogen-bond donors (Lipinski definition) is 2. The largest absolute Gasteiger partial charge is 0.497 e. The Balaban J connectivity index is 2.14. The molecule has 6 nitrogen and oxygen atoms in total. The molecule has 0 aliphatic rings. The Kier molecular flexibility index (Phi) is 5.87. The van der Waals surface area contributed by atoms with E-state index < -0.39 is 17.2 Å². The zero-order chi connectivity index (χ0) is 19.3. The Hall–Kier alpha value is -3.02. The van der Waals surface area contributed by atoms with Crippen molar-refractivity contribution < 1.29 is 19.1 Å². The molecule has 2 aromatic rings. The summed E-state index contributed by atoms with van der Waals surface area (Å²) in [5.41, 5.74) is 0.917. The van der Waals surface area contributed by atoms with Crippen LogP contribution in [0.2, 0.25) is 0 Å². The standard InChI is InChI=1S/C20H24N2O4/c1-13-6-8-14(9-7-13)21-18(23)20(2,3)19(24)22-16-11-10-15(25-4)12-17(16)26-5/h6-12H,1-5H3,(H,21,23)(H,22,24). The van der Waals surface area contributed by atoms with Crippen LogP contribution in [0.3, 0.4) is 0 Å². The van der Waals surface area contributed by atoms with Crippen molar-refractivity contribution in [1.82, 2.24) is 0 Å². The molecule has 2 amide bonds. The molecule has 0 aliphatic carbocycles. The highest BCUT2D eigenvalue weighted by Crippen LogP contribution is 2.31. The van der Waals surface area contributed by atoms with Gasteiger partial charge in [-0.3, -0.25) is 9.59 Å². The Morgan fingerprint density at radius 3 is 2.08 bits per heavy atom. The Morgan fingerprint density at radius 2 is 1.50 bits per heavy atom. The van der Waals surface area contributed by atoms with Crippen LogP contribution in [-0.4, -0.2) is 26.0 Å². The zero-order valence-corrected chi connectivity index (χ0v) is 15.7. The zero-order valence-electron chi connectivity index (χ0n) is 15.7. The van der Waals surface area contributed by atoms with E-state index in [-0.39, 0.29) is 0 Å². The molecule has 0 saturated heterocycles. The van der Waals surface area contributed by atoms with Gasteiger partial charge in [-0.2, -0.15) is 0 Å².